The molecule has 0 aliphatic rings. The smallest absolute Gasteiger partial charge is 0.122 e. The van der Waals surface area contributed by atoms with Crippen molar-refractivity contribution in [3.05, 3.63) is 34.3 Å². The van der Waals surface area contributed by atoms with Crippen LogP contribution in [-0.4, -0.2) is 11.4 Å². The summed E-state index contributed by atoms with van der Waals surface area (Å²) in [6.07, 6.45) is 0. The van der Waals surface area contributed by atoms with E-state index >= 15 is 0 Å². The highest BCUT2D eigenvalue weighted by molar-refractivity contribution is 6.31. The second kappa shape index (κ2) is 4.85. The number of amidine groups is 1. The molecule has 0 atom stereocenters. The Morgan fingerprint density at radius 3 is 2.50 bits per heavy atom. The lowest BCUT2D eigenvalue weighted by Crippen LogP contribution is -2.19. The zero-order valence-electron chi connectivity index (χ0n) is 9.80. The standard InChI is InChI=1S/C12H17ClN2O/c1-12(2,3)16-7-9-5-4-8(11(14)15)6-10(9)13/h4-6H,7H2,1-3H3,(H3,14,15). The lowest BCUT2D eigenvalue weighted by molar-refractivity contribution is -0.0149. The summed E-state index contributed by atoms with van der Waals surface area (Å²) in [5.74, 6) is 0.0187. The van der Waals surface area contributed by atoms with Crippen molar-refractivity contribution in [2.24, 2.45) is 5.73 Å². The maximum absolute atomic E-state index is 7.29. The summed E-state index contributed by atoms with van der Waals surface area (Å²) >= 11 is 6.07. The fourth-order valence-electron chi connectivity index (χ4n) is 1.13. The van der Waals surface area contributed by atoms with Gasteiger partial charge in [0.25, 0.3) is 0 Å². The Balaban J connectivity index is 2.80. The molecule has 16 heavy (non-hydrogen) atoms. The van der Waals surface area contributed by atoms with Crippen molar-refractivity contribution in [1.29, 1.82) is 5.41 Å². The van der Waals surface area contributed by atoms with E-state index in [2.05, 4.69) is 0 Å². The molecule has 1 aromatic carbocycles. The van der Waals surface area contributed by atoms with Gasteiger partial charge in [0.15, 0.2) is 0 Å². The first-order valence-electron chi connectivity index (χ1n) is 5.06. The molecule has 4 heteroatoms. The van der Waals surface area contributed by atoms with Crippen LogP contribution in [0.25, 0.3) is 0 Å². The molecule has 3 nitrogen and oxygen atoms in total. The van der Waals surface area contributed by atoms with E-state index in [1.54, 1.807) is 12.1 Å². The van der Waals surface area contributed by atoms with E-state index in [1.807, 2.05) is 26.8 Å². The number of hydrogen-bond donors (Lipinski definition) is 2. The molecule has 0 saturated carbocycles. The van der Waals surface area contributed by atoms with Crippen LogP contribution in [0.3, 0.4) is 0 Å². The predicted molar refractivity (Wildman–Crippen MR) is 67.0 cm³/mol. The predicted octanol–water partition coefficient (Wildman–Crippen LogP) is 2.94. The number of nitrogens with one attached hydrogen (secondary N) is 1. The van der Waals surface area contributed by atoms with Gasteiger partial charge in [0, 0.05) is 10.6 Å². The molecule has 1 aromatic rings. The average molecular weight is 241 g/mol. The number of nitrogens with two attached hydrogens (primary N) is 1. The molecular formula is C12H17ClN2O. The number of rotatable bonds is 3. The van der Waals surface area contributed by atoms with Gasteiger partial charge in [-0.05, 0) is 32.4 Å². The van der Waals surface area contributed by atoms with Crippen LogP contribution in [0.2, 0.25) is 5.02 Å². The van der Waals surface area contributed by atoms with Crippen LogP contribution in [0.4, 0.5) is 0 Å². The summed E-state index contributed by atoms with van der Waals surface area (Å²) in [6, 6.07) is 5.30. The molecule has 0 bridgehead atoms. The third kappa shape index (κ3) is 3.83. The van der Waals surface area contributed by atoms with Gasteiger partial charge in [-0.25, -0.2) is 0 Å². The van der Waals surface area contributed by atoms with Crippen LogP contribution >= 0.6 is 11.6 Å². The summed E-state index contributed by atoms with van der Waals surface area (Å²) in [7, 11) is 0. The second-order valence-corrected chi connectivity index (χ2v) is 5.03. The highest BCUT2D eigenvalue weighted by Crippen LogP contribution is 2.20. The first-order chi connectivity index (χ1) is 7.29. The normalized spacial score (nSPS) is 11.5. The van der Waals surface area contributed by atoms with Crippen LogP contribution in [0.5, 0.6) is 0 Å². The van der Waals surface area contributed by atoms with Gasteiger partial charge in [0.05, 0.1) is 12.2 Å². The zero-order chi connectivity index (χ0) is 12.3. The number of nitrogen functional groups attached to an aromatic ring is 1. The molecule has 1 rings (SSSR count). The first kappa shape index (κ1) is 13.0. The molecule has 0 radical (unpaired) electrons. The van der Waals surface area contributed by atoms with E-state index in [1.165, 1.54) is 0 Å². The Kier molecular flexibility index (Phi) is 3.94. The first-order valence-corrected chi connectivity index (χ1v) is 5.44. The van der Waals surface area contributed by atoms with Crippen LogP contribution in [0.15, 0.2) is 18.2 Å². The molecule has 0 aliphatic heterocycles. The molecule has 88 valence electrons. The molecule has 0 spiro atoms. The van der Waals surface area contributed by atoms with Crippen molar-refractivity contribution in [2.45, 2.75) is 33.0 Å². The minimum Gasteiger partial charge on any atom is -0.384 e. The Bertz CT molecular complexity index is 396. The summed E-state index contributed by atoms with van der Waals surface area (Å²) in [6.45, 7) is 6.43. The van der Waals surface area contributed by atoms with Gasteiger partial charge >= 0.3 is 0 Å². The minimum atomic E-state index is -0.192. The molecule has 0 saturated heterocycles. The highest BCUT2D eigenvalue weighted by Gasteiger charge is 2.11. The molecule has 0 fully saturated rings. The molecule has 0 unspecified atom stereocenters. The van der Waals surface area contributed by atoms with Crippen LogP contribution < -0.4 is 5.73 Å². The van der Waals surface area contributed by atoms with Crippen LogP contribution in [-0.2, 0) is 11.3 Å². The van der Waals surface area contributed by atoms with Gasteiger partial charge in [0.2, 0.25) is 0 Å². The zero-order valence-corrected chi connectivity index (χ0v) is 10.6. The Morgan fingerprint density at radius 1 is 1.44 bits per heavy atom. The van der Waals surface area contributed by atoms with Crippen molar-refractivity contribution < 1.29 is 4.74 Å². The lowest BCUT2D eigenvalue weighted by atomic mass is 10.1. The van der Waals surface area contributed by atoms with E-state index in [9.17, 15) is 0 Å². The molecule has 0 aromatic heterocycles. The minimum absolute atomic E-state index is 0.0187. The number of ether oxygens (including phenoxy) is 1. The Hall–Kier alpha value is -1.06. The molecule has 0 amide bonds. The summed E-state index contributed by atoms with van der Waals surface area (Å²) < 4.78 is 5.63. The molecule has 3 N–H and O–H groups in total. The maximum atomic E-state index is 7.29. The van der Waals surface area contributed by atoms with E-state index in [4.69, 9.17) is 27.5 Å². The van der Waals surface area contributed by atoms with Gasteiger partial charge in [-0.2, -0.15) is 0 Å². The highest BCUT2D eigenvalue weighted by atomic mass is 35.5. The Morgan fingerprint density at radius 2 is 2.06 bits per heavy atom. The third-order valence-electron chi connectivity index (χ3n) is 2.02. The number of hydrogen-bond acceptors (Lipinski definition) is 2. The maximum Gasteiger partial charge on any atom is 0.122 e. The molecule has 0 heterocycles. The second-order valence-electron chi connectivity index (χ2n) is 4.62. The monoisotopic (exact) mass is 240 g/mol. The SMILES string of the molecule is CC(C)(C)OCc1ccc(C(=N)N)cc1Cl. The summed E-state index contributed by atoms with van der Waals surface area (Å²) in [5, 5.41) is 7.87. The van der Waals surface area contributed by atoms with Gasteiger partial charge in [-0.15, -0.1) is 0 Å². The van der Waals surface area contributed by atoms with E-state index in [0.717, 1.165) is 5.56 Å². The Labute approximate surface area is 101 Å². The summed E-state index contributed by atoms with van der Waals surface area (Å²) in [4.78, 5) is 0. The molecule has 0 aliphatic carbocycles. The van der Waals surface area contributed by atoms with Crippen molar-refractivity contribution in [2.75, 3.05) is 0 Å². The van der Waals surface area contributed by atoms with E-state index in [-0.39, 0.29) is 11.4 Å². The van der Waals surface area contributed by atoms with Crippen LogP contribution in [0, 0.1) is 5.41 Å². The summed E-state index contributed by atoms with van der Waals surface area (Å²) in [5.41, 5.74) is 6.71. The van der Waals surface area contributed by atoms with Crippen molar-refractivity contribution >= 4 is 17.4 Å². The van der Waals surface area contributed by atoms with Crippen molar-refractivity contribution in [1.82, 2.24) is 0 Å². The van der Waals surface area contributed by atoms with Gasteiger partial charge in [-0.1, -0.05) is 23.7 Å². The van der Waals surface area contributed by atoms with Crippen molar-refractivity contribution in [3.63, 3.8) is 0 Å². The van der Waals surface area contributed by atoms with E-state index in [0.29, 0.717) is 17.2 Å². The number of benzene rings is 1. The largest absolute Gasteiger partial charge is 0.384 e. The molecular weight excluding hydrogens is 224 g/mol. The van der Waals surface area contributed by atoms with E-state index < -0.39 is 0 Å². The average Bonchev–Trinajstić information content (AvgIpc) is 2.14. The fourth-order valence-corrected chi connectivity index (χ4v) is 1.36. The van der Waals surface area contributed by atoms with Gasteiger partial charge < -0.3 is 10.5 Å². The van der Waals surface area contributed by atoms with Gasteiger partial charge in [0.1, 0.15) is 5.84 Å². The topological polar surface area (TPSA) is 59.1 Å². The fraction of sp³-hybridized carbons (Fsp3) is 0.417. The number of halogens is 1. The third-order valence-corrected chi connectivity index (χ3v) is 2.38. The van der Waals surface area contributed by atoms with Gasteiger partial charge in [-0.3, -0.25) is 5.41 Å². The van der Waals surface area contributed by atoms with Crippen molar-refractivity contribution in [3.8, 4) is 0 Å². The lowest BCUT2D eigenvalue weighted by Gasteiger charge is -2.20. The van der Waals surface area contributed by atoms with Crippen LogP contribution in [0.1, 0.15) is 31.9 Å². The quantitative estimate of drug-likeness (QED) is 0.630.